The molecule has 1 saturated heterocycles. The Morgan fingerprint density at radius 3 is 2.05 bits per heavy atom. The molecular formula is C26H44N8O10. The molecule has 0 aromatic heterocycles. The number of likely N-dealkylation sites (tertiary alicyclic amines) is 1. The Labute approximate surface area is 254 Å². The summed E-state index contributed by atoms with van der Waals surface area (Å²) in [6.07, 6.45) is -0.509. The van der Waals surface area contributed by atoms with Gasteiger partial charge in [0.1, 0.15) is 24.2 Å². The van der Waals surface area contributed by atoms with Crippen molar-refractivity contribution in [3.8, 4) is 0 Å². The normalized spacial score (nSPS) is 17.1. The van der Waals surface area contributed by atoms with Crippen molar-refractivity contribution in [1.82, 2.24) is 20.9 Å². The molecule has 0 bridgehead atoms. The Morgan fingerprint density at radius 1 is 0.886 bits per heavy atom. The third-order valence-electron chi connectivity index (χ3n) is 6.73. The van der Waals surface area contributed by atoms with Gasteiger partial charge < -0.3 is 53.4 Å². The van der Waals surface area contributed by atoms with Crippen molar-refractivity contribution in [2.45, 2.75) is 95.4 Å². The van der Waals surface area contributed by atoms with Crippen LogP contribution in [0.15, 0.2) is 4.99 Å². The van der Waals surface area contributed by atoms with Crippen LogP contribution in [-0.4, -0.2) is 111 Å². The molecule has 0 radical (unpaired) electrons. The van der Waals surface area contributed by atoms with Crippen LogP contribution in [0.1, 0.15) is 65.2 Å². The number of nitrogens with two attached hydrogens (primary N) is 3. The highest BCUT2D eigenvalue weighted by Crippen LogP contribution is 2.19. The molecule has 0 aromatic carbocycles. The second kappa shape index (κ2) is 18.2. The Hall–Kier alpha value is -4.48. The van der Waals surface area contributed by atoms with Gasteiger partial charge in [-0.3, -0.25) is 33.8 Å². The van der Waals surface area contributed by atoms with Crippen LogP contribution in [0, 0.1) is 5.92 Å². The van der Waals surface area contributed by atoms with E-state index in [1.165, 1.54) is 4.90 Å². The van der Waals surface area contributed by atoms with Gasteiger partial charge >= 0.3 is 17.9 Å². The minimum Gasteiger partial charge on any atom is -0.481 e. The first-order chi connectivity index (χ1) is 20.5. The molecule has 44 heavy (non-hydrogen) atoms. The summed E-state index contributed by atoms with van der Waals surface area (Å²) < 4.78 is 0. The third-order valence-corrected chi connectivity index (χ3v) is 6.73. The number of hydrogen-bond acceptors (Lipinski definition) is 9. The fraction of sp³-hybridized carbons (Fsp3) is 0.692. The van der Waals surface area contributed by atoms with Gasteiger partial charge in [0.2, 0.25) is 23.6 Å². The number of nitrogens with one attached hydrogen (secondary N) is 3. The summed E-state index contributed by atoms with van der Waals surface area (Å²) in [6, 6.07) is -6.36. The second-order valence-electron chi connectivity index (χ2n) is 10.9. The first-order valence-corrected chi connectivity index (χ1v) is 14.2. The van der Waals surface area contributed by atoms with Gasteiger partial charge in [-0.1, -0.05) is 13.8 Å². The van der Waals surface area contributed by atoms with E-state index in [2.05, 4.69) is 20.9 Å². The van der Waals surface area contributed by atoms with Gasteiger partial charge in [-0.05, 0) is 44.4 Å². The standard InChI is InChI=1S/C26H44N8O10/c1-13(2)11-17(22(40)32-16(25(43)44)7-8-19(35)36)33-21(39)15(5-3-9-30-26(28)29)31-23(41)18-6-4-10-34(18)24(42)14(27)12-20(37)38/h13-18H,3-12,27H2,1-2H3,(H,31,41)(H,32,40)(H,33,39)(H,35,36)(H,37,38)(H,43,44)(H4,28,29,30). The number of aliphatic imine (C=N–C) groups is 1. The molecule has 1 aliphatic heterocycles. The van der Waals surface area contributed by atoms with Crippen LogP contribution in [-0.2, 0) is 33.6 Å². The van der Waals surface area contributed by atoms with E-state index >= 15 is 0 Å². The molecule has 18 heteroatoms. The molecule has 1 rings (SSSR count). The summed E-state index contributed by atoms with van der Waals surface area (Å²) in [5, 5.41) is 34.7. The predicted octanol–water partition coefficient (Wildman–Crippen LogP) is -2.72. The fourth-order valence-electron chi connectivity index (χ4n) is 4.60. The zero-order chi connectivity index (χ0) is 33.6. The molecule has 0 aliphatic carbocycles. The van der Waals surface area contributed by atoms with Crippen LogP contribution in [0.4, 0.5) is 0 Å². The lowest BCUT2D eigenvalue weighted by atomic mass is 10.0. The van der Waals surface area contributed by atoms with Crippen LogP contribution in [0.5, 0.6) is 0 Å². The van der Waals surface area contributed by atoms with Crippen molar-refractivity contribution in [1.29, 1.82) is 0 Å². The van der Waals surface area contributed by atoms with Crippen LogP contribution >= 0.6 is 0 Å². The van der Waals surface area contributed by atoms with Crippen molar-refractivity contribution in [3.63, 3.8) is 0 Å². The average Bonchev–Trinajstić information content (AvgIpc) is 3.40. The Balaban J connectivity index is 3.14. The molecule has 1 aliphatic rings. The summed E-state index contributed by atoms with van der Waals surface area (Å²) in [4.78, 5) is 91.1. The molecule has 18 nitrogen and oxygen atoms in total. The molecule has 4 amide bonds. The maximum atomic E-state index is 13.4. The lowest BCUT2D eigenvalue weighted by molar-refractivity contribution is -0.144. The van der Waals surface area contributed by atoms with Gasteiger partial charge in [0.25, 0.3) is 0 Å². The molecule has 5 unspecified atom stereocenters. The number of carboxylic acids is 3. The van der Waals surface area contributed by atoms with E-state index in [9.17, 15) is 38.7 Å². The van der Waals surface area contributed by atoms with Crippen molar-refractivity contribution < 1.29 is 48.9 Å². The summed E-state index contributed by atoms with van der Waals surface area (Å²) >= 11 is 0. The predicted molar refractivity (Wildman–Crippen MR) is 155 cm³/mol. The molecule has 1 heterocycles. The number of carbonyl (C=O) groups excluding carboxylic acids is 4. The van der Waals surface area contributed by atoms with E-state index in [0.29, 0.717) is 6.42 Å². The smallest absolute Gasteiger partial charge is 0.326 e. The van der Waals surface area contributed by atoms with E-state index in [1.54, 1.807) is 13.8 Å². The number of carbonyl (C=O) groups is 7. The monoisotopic (exact) mass is 628 g/mol. The minimum absolute atomic E-state index is 0.0138. The Morgan fingerprint density at radius 2 is 1.50 bits per heavy atom. The largest absolute Gasteiger partial charge is 0.481 e. The third kappa shape index (κ3) is 13.2. The number of amides is 4. The summed E-state index contributed by atoms with van der Waals surface area (Å²) in [7, 11) is 0. The average molecular weight is 629 g/mol. The Kier molecular flexibility index (Phi) is 15.6. The molecule has 248 valence electrons. The first-order valence-electron chi connectivity index (χ1n) is 14.2. The van der Waals surface area contributed by atoms with Gasteiger partial charge in [-0.2, -0.15) is 0 Å². The van der Waals surface area contributed by atoms with Gasteiger partial charge in [0, 0.05) is 19.5 Å². The number of hydrogen-bond donors (Lipinski definition) is 9. The van der Waals surface area contributed by atoms with Gasteiger partial charge in [-0.15, -0.1) is 0 Å². The van der Waals surface area contributed by atoms with Crippen molar-refractivity contribution in [2.24, 2.45) is 28.1 Å². The zero-order valence-corrected chi connectivity index (χ0v) is 24.9. The maximum absolute atomic E-state index is 13.4. The SMILES string of the molecule is CC(C)CC(NC(=O)C(CCCN=C(N)N)NC(=O)C1CCCN1C(=O)C(N)CC(=O)O)C(=O)NC(CCC(=O)O)C(=O)O. The van der Waals surface area contributed by atoms with Crippen LogP contribution in [0.25, 0.3) is 0 Å². The molecule has 0 aromatic rings. The number of aliphatic carboxylic acids is 3. The molecule has 12 N–H and O–H groups in total. The summed E-state index contributed by atoms with van der Waals surface area (Å²) in [5.74, 6) is -7.33. The van der Waals surface area contributed by atoms with Crippen molar-refractivity contribution in [3.05, 3.63) is 0 Å². The fourth-order valence-corrected chi connectivity index (χ4v) is 4.60. The lowest BCUT2D eigenvalue weighted by Crippen LogP contribution is -2.58. The van der Waals surface area contributed by atoms with Gasteiger partial charge in [-0.25, -0.2) is 4.79 Å². The highest BCUT2D eigenvalue weighted by Gasteiger charge is 2.38. The van der Waals surface area contributed by atoms with E-state index in [1.807, 2.05) is 0 Å². The van der Waals surface area contributed by atoms with Crippen molar-refractivity contribution in [2.75, 3.05) is 13.1 Å². The van der Waals surface area contributed by atoms with Crippen LogP contribution in [0.3, 0.4) is 0 Å². The lowest BCUT2D eigenvalue weighted by Gasteiger charge is -2.29. The molecular weight excluding hydrogens is 584 g/mol. The number of carboxylic acid groups (broad SMARTS) is 3. The van der Waals surface area contributed by atoms with Crippen LogP contribution < -0.4 is 33.2 Å². The van der Waals surface area contributed by atoms with E-state index in [4.69, 9.17) is 27.4 Å². The molecule has 0 spiro atoms. The number of guanidine groups is 1. The molecule has 5 atom stereocenters. The summed E-state index contributed by atoms with van der Waals surface area (Å²) in [5.41, 5.74) is 16.4. The second-order valence-corrected chi connectivity index (χ2v) is 10.9. The minimum atomic E-state index is -1.52. The highest BCUT2D eigenvalue weighted by molar-refractivity contribution is 5.96. The highest BCUT2D eigenvalue weighted by atomic mass is 16.4. The first kappa shape index (κ1) is 37.5. The van der Waals surface area contributed by atoms with Gasteiger partial charge in [0.15, 0.2) is 5.96 Å². The quantitative estimate of drug-likeness (QED) is 0.0399. The van der Waals surface area contributed by atoms with E-state index in [0.717, 1.165) is 0 Å². The zero-order valence-electron chi connectivity index (χ0n) is 24.9. The van der Waals surface area contributed by atoms with Gasteiger partial charge in [0.05, 0.1) is 12.5 Å². The topological polar surface area (TPSA) is 310 Å². The molecule has 0 saturated carbocycles. The number of rotatable bonds is 19. The summed E-state index contributed by atoms with van der Waals surface area (Å²) in [6.45, 7) is 3.80. The van der Waals surface area contributed by atoms with Crippen molar-refractivity contribution >= 4 is 47.5 Å². The number of nitrogens with zero attached hydrogens (tertiary/aromatic N) is 2. The van der Waals surface area contributed by atoms with Crippen LogP contribution in [0.2, 0.25) is 0 Å². The Bertz CT molecular complexity index is 1090. The molecule has 1 fully saturated rings. The maximum Gasteiger partial charge on any atom is 0.326 e. The van der Waals surface area contributed by atoms with E-state index in [-0.39, 0.29) is 57.1 Å². The van der Waals surface area contributed by atoms with E-state index < -0.39 is 84.6 Å².